The SMILES string of the molecule is Cc1ccc(C(N)CCc2cccnc2)c(F)c1F. The number of nitrogens with two attached hydrogens (primary N) is 1. The second kappa shape index (κ2) is 5.89. The van der Waals surface area contributed by atoms with Crippen LogP contribution in [0, 0.1) is 18.6 Å². The van der Waals surface area contributed by atoms with Crippen LogP contribution >= 0.6 is 0 Å². The minimum absolute atomic E-state index is 0.229. The van der Waals surface area contributed by atoms with Gasteiger partial charge in [-0.25, -0.2) is 8.78 Å². The number of nitrogens with zero attached hydrogens (tertiary/aromatic N) is 1. The Morgan fingerprint density at radius 1 is 1.21 bits per heavy atom. The van der Waals surface area contributed by atoms with E-state index in [1.807, 2.05) is 12.1 Å². The van der Waals surface area contributed by atoms with Gasteiger partial charge in [0.1, 0.15) is 0 Å². The van der Waals surface area contributed by atoms with Gasteiger partial charge in [0, 0.05) is 24.0 Å². The van der Waals surface area contributed by atoms with Gasteiger partial charge in [0.25, 0.3) is 0 Å². The molecular formula is C15H16F2N2. The Morgan fingerprint density at radius 2 is 2.00 bits per heavy atom. The van der Waals surface area contributed by atoms with Gasteiger partial charge in [-0.05, 0) is 37.0 Å². The Morgan fingerprint density at radius 3 is 2.68 bits per heavy atom. The van der Waals surface area contributed by atoms with Crippen LogP contribution in [0.1, 0.15) is 29.2 Å². The Kier molecular flexibility index (Phi) is 4.22. The van der Waals surface area contributed by atoms with Gasteiger partial charge < -0.3 is 5.73 Å². The van der Waals surface area contributed by atoms with Gasteiger partial charge in [-0.1, -0.05) is 18.2 Å². The molecule has 19 heavy (non-hydrogen) atoms. The molecule has 0 fully saturated rings. The van der Waals surface area contributed by atoms with Crippen LogP contribution in [0.4, 0.5) is 8.78 Å². The maximum atomic E-state index is 13.8. The fraction of sp³-hybridized carbons (Fsp3) is 0.267. The molecule has 2 rings (SSSR count). The lowest BCUT2D eigenvalue weighted by Gasteiger charge is -2.14. The van der Waals surface area contributed by atoms with Crippen molar-refractivity contribution in [1.29, 1.82) is 0 Å². The molecule has 0 saturated heterocycles. The number of rotatable bonds is 4. The standard InChI is InChI=1S/C15H16F2N2/c1-10-4-6-12(15(17)14(10)16)13(18)7-5-11-3-2-8-19-9-11/h2-4,6,8-9,13H,5,7,18H2,1H3. The van der Waals surface area contributed by atoms with Crippen molar-refractivity contribution in [3.05, 3.63) is 65.0 Å². The van der Waals surface area contributed by atoms with Crippen LogP contribution in [0.5, 0.6) is 0 Å². The number of hydrogen-bond donors (Lipinski definition) is 1. The average Bonchev–Trinajstić information content (AvgIpc) is 2.43. The highest BCUT2D eigenvalue weighted by molar-refractivity contribution is 5.27. The highest BCUT2D eigenvalue weighted by Crippen LogP contribution is 2.23. The smallest absolute Gasteiger partial charge is 0.163 e. The predicted molar refractivity (Wildman–Crippen MR) is 70.6 cm³/mol. The second-order valence-electron chi connectivity index (χ2n) is 4.61. The van der Waals surface area contributed by atoms with Crippen molar-refractivity contribution in [3.63, 3.8) is 0 Å². The minimum atomic E-state index is -0.835. The molecule has 0 spiro atoms. The third-order valence-corrected chi connectivity index (χ3v) is 3.17. The Hall–Kier alpha value is -1.81. The molecule has 1 atom stereocenters. The van der Waals surface area contributed by atoms with Crippen LogP contribution in [-0.4, -0.2) is 4.98 Å². The molecule has 1 unspecified atom stereocenters. The van der Waals surface area contributed by atoms with Crippen molar-refractivity contribution in [2.45, 2.75) is 25.8 Å². The lowest BCUT2D eigenvalue weighted by molar-refractivity contribution is 0.479. The van der Waals surface area contributed by atoms with Gasteiger partial charge in [0.15, 0.2) is 11.6 Å². The molecular weight excluding hydrogens is 246 g/mol. The fourth-order valence-electron chi connectivity index (χ4n) is 1.97. The quantitative estimate of drug-likeness (QED) is 0.918. The fourth-order valence-corrected chi connectivity index (χ4v) is 1.97. The van der Waals surface area contributed by atoms with Crippen LogP contribution in [0.25, 0.3) is 0 Å². The molecule has 2 nitrogen and oxygen atoms in total. The Bertz CT molecular complexity index is 556. The van der Waals surface area contributed by atoms with Crippen molar-refractivity contribution in [2.24, 2.45) is 5.73 Å². The van der Waals surface area contributed by atoms with E-state index >= 15 is 0 Å². The molecule has 2 N–H and O–H groups in total. The molecule has 0 aliphatic heterocycles. The number of aryl methyl sites for hydroxylation is 2. The molecule has 0 amide bonds. The summed E-state index contributed by atoms with van der Waals surface area (Å²) in [4.78, 5) is 4.00. The first-order chi connectivity index (χ1) is 9.09. The maximum Gasteiger partial charge on any atom is 0.163 e. The third-order valence-electron chi connectivity index (χ3n) is 3.17. The summed E-state index contributed by atoms with van der Waals surface area (Å²) in [5.74, 6) is -1.65. The molecule has 0 aliphatic rings. The molecule has 100 valence electrons. The van der Waals surface area contributed by atoms with Gasteiger partial charge in [-0.2, -0.15) is 0 Å². The van der Waals surface area contributed by atoms with E-state index in [1.54, 1.807) is 24.5 Å². The van der Waals surface area contributed by atoms with E-state index in [1.165, 1.54) is 6.92 Å². The number of hydrogen-bond acceptors (Lipinski definition) is 2. The van der Waals surface area contributed by atoms with Crippen molar-refractivity contribution >= 4 is 0 Å². The third kappa shape index (κ3) is 3.15. The zero-order valence-electron chi connectivity index (χ0n) is 10.7. The predicted octanol–water partition coefficient (Wildman–Crippen LogP) is 3.30. The maximum absolute atomic E-state index is 13.8. The summed E-state index contributed by atoms with van der Waals surface area (Å²) >= 11 is 0. The highest BCUT2D eigenvalue weighted by atomic mass is 19.2. The van der Waals surface area contributed by atoms with Crippen molar-refractivity contribution < 1.29 is 8.78 Å². The van der Waals surface area contributed by atoms with Gasteiger partial charge in [0.2, 0.25) is 0 Å². The molecule has 1 aromatic heterocycles. The van der Waals surface area contributed by atoms with Crippen LogP contribution < -0.4 is 5.73 Å². The molecule has 0 aliphatic carbocycles. The summed E-state index contributed by atoms with van der Waals surface area (Å²) in [7, 11) is 0. The first-order valence-corrected chi connectivity index (χ1v) is 6.18. The zero-order valence-corrected chi connectivity index (χ0v) is 10.7. The molecule has 0 saturated carbocycles. The second-order valence-corrected chi connectivity index (χ2v) is 4.61. The summed E-state index contributed by atoms with van der Waals surface area (Å²) in [6.45, 7) is 1.53. The first-order valence-electron chi connectivity index (χ1n) is 6.18. The molecule has 2 aromatic rings. The number of benzene rings is 1. The Balaban J connectivity index is 2.08. The number of pyridine rings is 1. The lowest BCUT2D eigenvalue weighted by atomic mass is 9.98. The van der Waals surface area contributed by atoms with Crippen molar-refractivity contribution in [1.82, 2.24) is 4.98 Å². The van der Waals surface area contributed by atoms with Crippen LogP contribution in [-0.2, 0) is 6.42 Å². The summed E-state index contributed by atoms with van der Waals surface area (Å²) in [6.07, 6.45) is 4.67. The monoisotopic (exact) mass is 262 g/mol. The topological polar surface area (TPSA) is 38.9 Å². The summed E-state index contributed by atoms with van der Waals surface area (Å²) in [5, 5.41) is 0. The van der Waals surface area contributed by atoms with E-state index in [0.717, 1.165) is 5.56 Å². The largest absolute Gasteiger partial charge is 0.324 e. The van der Waals surface area contributed by atoms with Crippen LogP contribution in [0.15, 0.2) is 36.7 Å². The molecule has 0 bridgehead atoms. The van der Waals surface area contributed by atoms with Gasteiger partial charge >= 0.3 is 0 Å². The van der Waals surface area contributed by atoms with Gasteiger partial charge in [-0.15, -0.1) is 0 Å². The van der Waals surface area contributed by atoms with E-state index < -0.39 is 17.7 Å². The molecule has 0 radical (unpaired) electrons. The lowest BCUT2D eigenvalue weighted by Crippen LogP contribution is -2.14. The van der Waals surface area contributed by atoms with Crippen LogP contribution in [0.2, 0.25) is 0 Å². The highest BCUT2D eigenvalue weighted by Gasteiger charge is 2.16. The first kappa shape index (κ1) is 13.6. The van der Waals surface area contributed by atoms with Crippen LogP contribution in [0.3, 0.4) is 0 Å². The summed E-state index contributed by atoms with van der Waals surface area (Å²) in [6, 6.07) is 6.37. The van der Waals surface area contributed by atoms with E-state index in [0.29, 0.717) is 18.4 Å². The minimum Gasteiger partial charge on any atom is -0.324 e. The van der Waals surface area contributed by atoms with Crippen molar-refractivity contribution in [3.8, 4) is 0 Å². The van der Waals surface area contributed by atoms with Crippen molar-refractivity contribution in [2.75, 3.05) is 0 Å². The molecule has 4 heteroatoms. The number of halogens is 2. The number of aromatic nitrogens is 1. The normalized spacial score (nSPS) is 12.4. The summed E-state index contributed by atoms with van der Waals surface area (Å²) in [5.41, 5.74) is 7.49. The Labute approximate surface area is 111 Å². The van der Waals surface area contributed by atoms with E-state index in [-0.39, 0.29) is 5.56 Å². The average molecular weight is 262 g/mol. The van der Waals surface area contributed by atoms with E-state index in [2.05, 4.69) is 4.98 Å². The van der Waals surface area contributed by atoms with E-state index in [4.69, 9.17) is 5.73 Å². The molecule has 1 aromatic carbocycles. The van der Waals surface area contributed by atoms with Gasteiger partial charge in [-0.3, -0.25) is 4.98 Å². The zero-order chi connectivity index (χ0) is 13.8. The van der Waals surface area contributed by atoms with Gasteiger partial charge in [0.05, 0.1) is 0 Å². The summed E-state index contributed by atoms with van der Waals surface area (Å²) < 4.78 is 27.2. The van der Waals surface area contributed by atoms with E-state index in [9.17, 15) is 8.78 Å². The molecule has 1 heterocycles.